The number of nitrogens with zero attached hydrogens (tertiary/aromatic N) is 1. The monoisotopic (exact) mass is 366 g/mol. The number of aromatic nitrogens is 1. The molecule has 1 heterocycles. The summed E-state index contributed by atoms with van der Waals surface area (Å²) in [5.41, 5.74) is 1.09. The average Bonchev–Trinajstić information content (AvgIpc) is 2.95. The van der Waals surface area contributed by atoms with E-state index >= 15 is 0 Å². The topological polar surface area (TPSA) is 51.2 Å². The minimum atomic E-state index is -0.257. The van der Waals surface area contributed by atoms with Crippen molar-refractivity contribution in [1.29, 1.82) is 0 Å². The van der Waals surface area contributed by atoms with Gasteiger partial charge in [0.05, 0.1) is 21.4 Å². The van der Waals surface area contributed by atoms with Gasteiger partial charge in [0.2, 0.25) is 0 Å². The zero-order chi connectivity index (χ0) is 16.4. The van der Waals surface area contributed by atoms with Gasteiger partial charge in [-0.3, -0.25) is 10.1 Å². The van der Waals surface area contributed by atoms with Crippen LogP contribution in [0.15, 0.2) is 36.4 Å². The molecule has 0 saturated heterocycles. The van der Waals surface area contributed by atoms with Gasteiger partial charge in [-0.2, -0.15) is 0 Å². The number of fused-ring (bicyclic) bond motifs is 1. The molecular formula is C16H12Cl2N2O2S. The molecule has 0 aliphatic heterocycles. The Balaban J connectivity index is 1.85. The normalized spacial score (nSPS) is 10.7. The van der Waals surface area contributed by atoms with E-state index in [9.17, 15) is 4.79 Å². The van der Waals surface area contributed by atoms with Crippen molar-refractivity contribution in [2.45, 2.75) is 6.92 Å². The first-order chi connectivity index (χ1) is 11.1. The van der Waals surface area contributed by atoms with Gasteiger partial charge in [0.15, 0.2) is 5.13 Å². The Morgan fingerprint density at radius 1 is 1.30 bits per heavy atom. The van der Waals surface area contributed by atoms with Crippen LogP contribution in [-0.2, 0) is 0 Å². The molecule has 0 fully saturated rings. The maximum atomic E-state index is 12.3. The molecule has 1 amide bonds. The predicted octanol–water partition coefficient (Wildman–Crippen LogP) is 5.25. The zero-order valence-corrected chi connectivity index (χ0v) is 14.4. The molecule has 2 aromatic carbocycles. The Kier molecular flexibility index (Phi) is 4.71. The number of nitrogens with one attached hydrogen (secondary N) is 1. The lowest BCUT2D eigenvalue weighted by Gasteiger charge is -2.05. The molecule has 1 N–H and O–H groups in total. The van der Waals surface area contributed by atoms with E-state index in [0.717, 1.165) is 4.70 Å². The van der Waals surface area contributed by atoms with Gasteiger partial charge >= 0.3 is 0 Å². The summed E-state index contributed by atoms with van der Waals surface area (Å²) in [7, 11) is 0. The standard InChI is InChI=1S/C16H12Cl2N2O2S/c1-2-22-10-5-3-4-9(8-10)15(21)20-16-19-14-12(23-16)7-6-11(17)13(14)18/h3-8H,2H2,1H3,(H,19,20,21). The summed E-state index contributed by atoms with van der Waals surface area (Å²) in [5.74, 6) is 0.395. The molecule has 0 unspecified atom stereocenters. The summed E-state index contributed by atoms with van der Waals surface area (Å²) in [6, 6.07) is 10.5. The number of amides is 1. The first-order valence-electron chi connectivity index (χ1n) is 6.87. The lowest BCUT2D eigenvalue weighted by Crippen LogP contribution is -2.11. The van der Waals surface area contributed by atoms with E-state index in [1.54, 1.807) is 30.3 Å². The van der Waals surface area contributed by atoms with Gasteiger partial charge in [0.1, 0.15) is 11.3 Å². The van der Waals surface area contributed by atoms with Crippen molar-refractivity contribution in [3.05, 3.63) is 52.0 Å². The van der Waals surface area contributed by atoms with Crippen LogP contribution in [0.4, 0.5) is 5.13 Å². The van der Waals surface area contributed by atoms with Crippen molar-refractivity contribution in [2.75, 3.05) is 11.9 Å². The fraction of sp³-hybridized carbons (Fsp3) is 0.125. The van der Waals surface area contributed by atoms with Gasteiger partial charge in [0, 0.05) is 5.56 Å². The van der Waals surface area contributed by atoms with Crippen LogP contribution in [-0.4, -0.2) is 17.5 Å². The quantitative estimate of drug-likeness (QED) is 0.685. The Labute approximate surface area is 147 Å². The summed E-state index contributed by atoms with van der Waals surface area (Å²) in [5, 5.41) is 4.07. The van der Waals surface area contributed by atoms with Crippen LogP contribution in [0.2, 0.25) is 10.0 Å². The molecule has 23 heavy (non-hydrogen) atoms. The molecule has 0 radical (unpaired) electrons. The van der Waals surface area contributed by atoms with Crippen LogP contribution in [0, 0.1) is 0 Å². The summed E-state index contributed by atoms with van der Waals surface area (Å²) < 4.78 is 6.26. The second kappa shape index (κ2) is 6.74. The Morgan fingerprint density at radius 2 is 2.13 bits per heavy atom. The number of rotatable bonds is 4. The highest BCUT2D eigenvalue weighted by molar-refractivity contribution is 7.22. The van der Waals surface area contributed by atoms with Gasteiger partial charge in [-0.25, -0.2) is 4.98 Å². The molecule has 0 aliphatic rings. The SMILES string of the molecule is CCOc1cccc(C(=O)Nc2nc3c(Cl)c(Cl)ccc3s2)c1. The van der Waals surface area contributed by atoms with E-state index in [4.69, 9.17) is 27.9 Å². The maximum Gasteiger partial charge on any atom is 0.257 e. The highest BCUT2D eigenvalue weighted by Gasteiger charge is 2.13. The molecule has 7 heteroatoms. The van der Waals surface area contributed by atoms with Crippen molar-refractivity contribution in [3.8, 4) is 5.75 Å². The largest absolute Gasteiger partial charge is 0.494 e. The number of hydrogen-bond donors (Lipinski definition) is 1. The number of halogens is 2. The first kappa shape index (κ1) is 16.1. The first-order valence-corrected chi connectivity index (χ1v) is 8.44. The van der Waals surface area contributed by atoms with E-state index in [1.807, 2.05) is 13.0 Å². The van der Waals surface area contributed by atoms with Crippen molar-refractivity contribution >= 4 is 55.8 Å². The third-order valence-corrected chi connectivity index (χ3v) is 4.81. The maximum absolute atomic E-state index is 12.3. The van der Waals surface area contributed by atoms with E-state index < -0.39 is 0 Å². The lowest BCUT2D eigenvalue weighted by atomic mass is 10.2. The summed E-state index contributed by atoms with van der Waals surface area (Å²) in [6.07, 6.45) is 0. The third kappa shape index (κ3) is 3.42. The van der Waals surface area contributed by atoms with Crippen LogP contribution >= 0.6 is 34.5 Å². The molecule has 3 rings (SSSR count). The van der Waals surface area contributed by atoms with Gasteiger partial charge in [-0.1, -0.05) is 40.6 Å². The van der Waals surface area contributed by atoms with Crippen LogP contribution < -0.4 is 10.1 Å². The van der Waals surface area contributed by atoms with Gasteiger partial charge in [-0.05, 0) is 37.3 Å². The van der Waals surface area contributed by atoms with Crippen molar-refractivity contribution in [3.63, 3.8) is 0 Å². The highest BCUT2D eigenvalue weighted by atomic mass is 35.5. The Morgan fingerprint density at radius 3 is 2.91 bits per heavy atom. The van der Waals surface area contributed by atoms with Crippen LogP contribution in [0.5, 0.6) is 5.75 Å². The molecule has 0 saturated carbocycles. The van der Waals surface area contributed by atoms with E-state index in [0.29, 0.717) is 38.6 Å². The average molecular weight is 367 g/mol. The predicted molar refractivity (Wildman–Crippen MR) is 95.2 cm³/mol. The second-order valence-electron chi connectivity index (χ2n) is 4.64. The number of thiazole rings is 1. The number of hydrogen-bond acceptors (Lipinski definition) is 4. The zero-order valence-electron chi connectivity index (χ0n) is 12.1. The van der Waals surface area contributed by atoms with Gasteiger partial charge < -0.3 is 4.74 Å². The smallest absolute Gasteiger partial charge is 0.257 e. The lowest BCUT2D eigenvalue weighted by molar-refractivity contribution is 0.102. The minimum absolute atomic E-state index is 0.257. The Hall–Kier alpha value is -1.82. The van der Waals surface area contributed by atoms with Gasteiger partial charge in [-0.15, -0.1) is 0 Å². The van der Waals surface area contributed by atoms with Crippen LogP contribution in [0.1, 0.15) is 17.3 Å². The molecule has 3 aromatic rings. The van der Waals surface area contributed by atoms with E-state index in [2.05, 4.69) is 10.3 Å². The van der Waals surface area contributed by atoms with Crippen molar-refractivity contribution in [1.82, 2.24) is 4.98 Å². The summed E-state index contributed by atoms with van der Waals surface area (Å²) in [4.78, 5) is 16.7. The number of anilines is 1. The molecule has 1 aromatic heterocycles. The fourth-order valence-electron chi connectivity index (χ4n) is 2.05. The van der Waals surface area contributed by atoms with Gasteiger partial charge in [0.25, 0.3) is 5.91 Å². The Bertz CT molecular complexity index is 880. The van der Waals surface area contributed by atoms with Crippen molar-refractivity contribution in [2.24, 2.45) is 0 Å². The number of benzene rings is 2. The number of ether oxygens (including phenoxy) is 1. The van der Waals surface area contributed by atoms with E-state index in [-0.39, 0.29) is 5.91 Å². The fourth-order valence-corrected chi connectivity index (χ4v) is 3.34. The minimum Gasteiger partial charge on any atom is -0.494 e. The second-order valence-corrected chi connectivity index (χ2v) is 6.46. The molecule has 4 nitrogen and oxygen atoms in total. The molecular weight excluding hydrogens is 355 g/mol. The molecule has 0 bridgehead atoms. The molecule has 0 atom stereocenters. The highest BCUT2D eigenvalue weighted by Crippen LogP contribution is 2.35. The number of carbonyl (C=O) groups excluding carboxylic acids is 1. The summed E-state index contributed by atoms with van der Waals surface area (Å²) >= 11 is 13.4. The number of carbonyl (C=O) groups is 1. The third-order valence-electron chi connectivity index (χ3n) is 3.08. The van der Waals surface area contributed by atoms with Crippen LogP contribution in [0.25, 0.3) is 10.2 Å². The summed E-state index contributed by atoms with van der Waals surface area (Å²) in [6.45, 7) is 2.44. The van der Waals surface area contributed by atoms with Crippen LogP contribution in [0.3, 0.4) is 0 Å². The molecule has 0 spiro atoms. The molecule has 118 valence electrons. The molecule has 0 aliphatic carbocycles. The van der Waals surface area contributed by atoms with Crippen molar-refractivity contribution < 1.29 is 9.53 Å². The van der Waals surface area contributed by atoms with E-state index in [1.165, 1.54) is 11.3 Å².